The zero-order valence-corrected chi connectivity index (χ0v) is 15.4. The predicted molar refractivity (Wildman–Crippen MR) is 99.8 cm³/mol. The lowest BCUT2D eigenvalue weighted by Gasteiger charge is -2.37. The molecular formula is C20H26N4O2. The SMILES string of the molecule is Cn1cnc2cc(C(=O)N3CCN(C(=O)C4CCCCC4)CC3)ccc21. The van der Waals surface area contributed by atoms with Crippen LogP contribution in [0.25, 0.3) is 11.0 Å². The normalized spacial score (nSPS) is 19.1. The third-order valence-corrected chi connectivity index (χ3v) is 5.81. The first-order valence-corrected chi connectivity index (χ1v) is 9.62. The van der Waals surface area contributed by atoms with Crippen LogP contribution in [-0.4, -0.2) is 57.3 Å². The van der Waals surface area contributed by atoms with E-state index in [1.54, 1.807) is 6.33 Å². The van der Waals surface area contributed by atoms with Crippen molar-refractivity contribution >= 4 is 22.8 Å². The Morgan fingerprint density at radius 2 is 1.69 bits per heavy atom. The minimum atomic E-state index is 0.0299. The minimum Gasteiger partial charge on any atom is -0.339 e. The number of hydrogen-bond donors (Lipinski definition) is 0. The van der Waals surface area contributed by atoms with Crippen LogP contribution in [0.2, 0.25) is 0 Å². The van der Waals surface area contributed by atoms with Gasteiger partial charge in [-0.25, -0.2) is 4.98 Å². The van der Waals surface area contributed by atoms with Gasteiger partial charge in [0, 0.05) is 44.7 Å². The Bertz CT molecular complexity index is 814. The van der Waals surface area contributed by atoms with Crippen molar-refractivity contribution in [2.45, 2.75) is 32.1 Å². The highest BCUT2D eigenvalue weighted by Gasteiger charge is 2.30. The number of benzene rings is 1. The molecule has 2 heterocycles. The molecule has 26 heavy (non-hydrogen) atoms. The molecule has 2 aliphatic rings. The maximum atomic E-state index is 12.8. The van der Waals surface area contributed by atoms with E-state index in [-0.39, 0.29) is 11.8 Å². The fraction of sp³-hybridized carbons (Fsp3) is 0.550. The number of amides is 2. The minimum absolute atomic E-state index is 0.0299. The molecule has 2 amide bonds. The van der Waals surface area contributed by atoms with Crippen LogP contribution in [0.4, 0.5) is 0 Å². The summed E-state index contributed by atoms with van der Waals surface area (Å²) in [6, 6.07) is 5.67. The van der Waals surface area contributed by atoms with E-state index < -0.39 is 0 Å². The summed E-state index contributed by atoms with van der Waals surface area (Å²) in [7, 11) is 1.94. The fourth-order valence-electron chi connectivity index (χ4n) is 4.19. The van der Waals surface area contributed by atoms with Crippen molar-refractivity contribution in [1.29, 1.82) is 0 Å². The Morgan fingerprint density at radius 3 is 2.42 bits per heavy atom. The highest BCUT2D eigenvalue weighted by molar-refractivity contribution is 5.97. The van der Waals surface area contributed by atoms with Gasteiger partial charge in [-0.2, -0.15) is 0 Å². The first kappa shape index (κ1) is 17.1. The van der Waals surface area contributed by atoms with Crippen molar-refractivity contribution in [2.75, 3.05) is 26.2 Å². The van der Waals surface area contributed by atoms with E-state index >= 15 is 0 Å². The number of imidazole rings is 1. The van der Waals surface area contributed by atoms with Crippen LogP contribution < -0.4 is 0 Å². The first-order valence-electron chi connectivity index (χ1n) is 9.62. The summed E-state index contributed by atoms with van der Waals surface area (Å²) >= 11 is 0. The van der Waals surface area contributed by atoms with E-state index in [9.17, 15) is 9.59 Å². The van der Waals surface area contributed by atoms with Crippen LogP contribution in [0.3, 0.4) is 0 Å². The summed E-state index contributed by atoms with van der Waals surface area (Å²) in [5.41, 5.74) is 2.53. The molecule has 138 valence electrons. The summed E-state index contributed by atoms with van der Waals surface area (Å²) in [5.74, 6) is 0.534. The van der Waals surface area contributed by atoms with Gasteiger partial charge in [0.05, 0.1) is 17.4 Å². The Kier molecular flexibility index (Phi) is 4.66. The quantitative estimate of drug-likeness (QED) is 0.832. The Morgan fingerprint density at radius 1 is 1.00 bits per heavy atom. The average molecular weight is 354 g/mol. The van der Waals surface area contributed by atoms with E-state index in [1.807, 2.05) is 39.6 Å². The number of fused-ring (bicyclic) bond motifs is 1. The Hall–Kier alpha value is -2.37. The van der Waals surface area contributed by atoms with Crippen LogP contribution in [0.1, 0.15) is 42.5 Å². The van der Waals surface area contributed by atoms with Crippen LogP contribution in [-0.2, 0) is 11.8 Å². The van der Waals surface area contributed by atoms with Gasteiger partial charge in [-0.15, -0.1) is 0 Å². The Labute approximate surface area is 153 Å². The zero-order valence-electron chi connectivity index (χ0n) is 15.4. The van der Waals surface area contributed by atoms with E-state index in [1.165, 1.54) is 19.3 Å². The Balaban J connectivity index is 1.38. The molecule has 1 saturated carbocycles. The van der Waals surface area contributed by atoms with Gasteiger partial charge in [-0.3, -0.25) is 9.59 Å². The topological polar surface area (TPSA) is 58.4 Å². The molecule has 1 aromatic heterocycles. The monoisotopic (exact) mass is 354 g/mol. The molecule has 0 unspecified atom stereocenters. The highest BCUT2D eigenvalue weighted by Crippen LogP contribution is 2.26. The van der Waals surface area contributed by atoms with Crippen molar-refractivity contribution in [3.8, 4) is 0 Å². The van der Waals surface area contributed by atoms with E-state index in [0.29, 0.717) is 37.6 Å². The van der Waals surface area contributed by atoms with Gasteiger partial charge in [0.25, 0.3) is 5.91 Å². The smallest absolute Gasteiger partial charge is 0.254 e. The van der Waals surface area contributed by atoms with Gasteiger partial charge in [0.15, 0.2) is 0 Å². The molecule has 0 radical (unpaired) electrons. The summed E-state index contributed by atoms with van der Waals surface area (Å²) in [5, 5.41) is 0. The number of carbonyl (C=O) groups is 2. The van der Waals surface area contributed by atoms with E-state index in [0.717, 1.165) is 23.9 Å². The van der Waals surface area contributed by atoms with Gasteiger partial charge in [-0.1, -0.05) is 19.3 Å². The van der Waals surface area contributed by atoms with Gasteiger partial charge in [-0.05, 0) is 31.0 Å². The van der Waals surface area contributed by atoms with Crippen LogP contribution in [0.5, 0.6) is 0 Å². The molecule has 0 N–H and O–H groups in total. The number of carbonyl (C=O) groups excluding carboxylic acids is 2. The highest BCUT2D eigenvalue weighted by atomic mass is 16.2. The largest absolute Gasteiger partial charge is 0.339 e. The molecular weight excluding hydrogens is 328 g/mol. The predicted octanol–water partition coefficient (Wildman–Crippen LogP) is 2.44. The molecule has 0 bridgehead atoms. The summed E-state index contributed by atoms with van der Waals surface area (Å²) in [6.07, 6.45) is 7.42. The van der Waals surface area contributed by atoms with Crippen molar-refractivity contribution in [3.63, 3.8) is 0 Å². The fourth-order valence-corrected chi connectivity index (χ4v) is 4.19. The molecule has 0 spiro atoms. The van der Waals surface area contributed by atoms with Crippen molar-refractivity contribution in [1.82, 2.24) is 19.4 Å². The molecule has 2 fully saturated rings. The van der Waals surface area contributed by atoms with Crippen molar-refractivity contribution in [2.24, 2.45) is 13.0 Å². The molecule has 6 heteroatoms. The summed E-state index contributed by atoms with van der Waals surface area (Å²) < 4.78 is 1.94. The molecule has 1 aromatic carbocycles. The average Bonchev–Trinajstić information content (AvgIpc) is 3.08. The van der Waals surface area contributed by atoms with Gasteiger partial charge in [0.2, 0.25) is 5.91 Å². The summed E-state index contributed by atoms with van der Waals surface area (Å²) in [4.78, 5) is 33.6. The molecule has 2 aromatic rings. The first-order chi connectivity index (χ1) is 12.6. The van der Waals surface area contributed by atoms with Crippen molar-refractivity contribution in [3.05, 3.63) is 30.1 Å². The standard InChI is InChI=1S/C20H26N4O2/c1-22-14-21-17-13-16(7-8-18(17)22)20(26)24-11-9-23(10-12-24)19(25)15-5-3-2-4-6-15/h7-8,13-15H,2-6,9-12H2,1H3. The van der Waals surface area contributed by atoms with E-state index in [4.69, 9.17) is 0 Å². The summed E-state index contributed by atoms with van der Waals surface area (Å²) in [6.45, 7) is 2.51. The van der Waals surface area contributed by atoms with E-state index in [2.05, 4.69) is 4.98 Å². The van der Waals surface area contributed by atoms with Crippen LogP contribution in [0, 0.1) is 5.92 Å². The van der Waals surface area contributed by atoms with Gasteiger partial charge >= 0.3 is 0 Å². The third-order valence-electron chi connectivity index (χ3n) is 5.81. The third kappa shape index (κ3) is 3.20. The number of aryl methyl sites for hydroxylation is 1. The van der Waals surface area contributed by atoms with Crippen molar-refractivity contribution < 1.29 is 9.59 Å². The maximum absolute atomic E-state index is 12.8. The zero-order chi connectivity index (χ0) is 18.1. The lowest BCUT2D eigenvalue weighted by Crippen LogP contribution is -2.52. The molecule has 1 aliphatic heterocycles. The second kappa shape index (κ2) is 7.09. The van der Waals surface area contributed by atoms with Crippen LogP contribution in [0.15, 0.2) is 24.5 Å². The van der Waals surface area contributed by atoms with Crippen LogP contribution >= 0.6 is 0 Å². The second-order valence-corrected chi connectivity index (χ2v) is 7.51. The van der Waals surface area contributed by atoms with Gasteiger partial charge in [0.1, 0.15) is 0 Å². The molecule has 1 saturated heterocycles. The number of aromatic nitrogens is 2. The van der Waals surface area contributed by atoms with Gasteiger partial charge < -0.3 is 14.4 Å². The number of nitrogens with zero attached hydrogens (tertiary/aromatic N) is 4. The lowest BCUT2D eigenvalue weighted by atomic mass is 9.88. The molecule has 6 nitrogen and oxygen atoms in total. The number of rotatable bonds is 2. The lowest BCUT2D eigenvalue weighted by molar-refractivity contribution is -0.138. The second-order valence-electron chi connectivity index (χ2n) is 7.51. The molecule has 0 atom stereocenters. The molecule has 1 aliphatic carbocycles. The number of hydrogen-bond acceptors (Lipinski definition) is 3. The maximum Gasteiger partial charge on any atom is 0.254 e. The molecule has 4 rings (SSSR count). The number of piperazine rings is 1.